The second-order valence-corrected chi connectivity index (χ2v) is 5.97. The van der Waals surface area contributed by atoms with Crippen LogP contribution in [0.3, 0.4) is 0 Å². The number of benzene rings is 1. The van der Waals surface area contributed by atoms with Crippen LogP contribution >= 0.6 is 0 Å². The van der Waals surface area contributed by atoms with Gasteiger partial charge < -0.3 is 5.11 Å². The van der Waals surface area contributed by atoms with E-state index in [9.17, 15) is 9.90 Å². The van der Waals surface area contributed by atoms with Gasteiger partial charge in [-0.25, -0.2) is 0 Å². The number of allylic oxidation sites excluding steroid dienone is 1. The summed E-state index contributed by atoms with van der Waals surface area (Å²) in [6.07, 6.45) is 5.61. The summed E-state index contributed by atoms with van der Waals surface area (Å²) >= 11 is 0. The van der Waals surface area contributed by atoms with Crippen molar-refractivity contribution in [3.05, 3.63) is 41.0 Å². The van der Waals surface area contributed by atoms with Gasteiger partial charge in [0.1, 0.15) is 0 Å². The van der Waals surface area contributed by atoms with Crippen molar-refractivity contribution < 1.29 is 9.90 Å². The van der Waals surface area contributed by atoms with Crippen molar-refractivity contribution in [1.29, 1.82) is 0 Å². The maximum atomic E-state index is 12.2. The topological polar surface area (TPSA) is 37.3 Å². The first kappa shape index (κ1) is 13.6. The third kappa shape index (κ3) is 2.12. The van der Waals surface area contributed by atoms with E-state index in [1.165, 1.54) is 19.3 Å². The second kappa shape index (κ2) is 5.53. The molecule has 0 amide bonds. The molecular weight excluding hydrogens is 248 g/mol. The molecule has 1 N–H and O–H groups in total. The van der Waals surface area contributed by atoms with Crippen molar-refractivity contribution in [3.63, 3.8) is 0 Å². The number of aliphatic hydroxyl groups excluding tert-OH is 1. The lowest BCUT2D eigenvalue weighted by Gasteiger charge is -2.09. The number of hydrogen-bond donors (Lipinski definition) is 1. The molecule has 3 rings (SSSR count). The minimum atomic E-state index is -0.488. The maximum absolute atomic E-state index is 12.2. The van der Waals surface area contributed by atoms with Crippen LogP contribution < -0.4 is 0 Å². The van der Waals surface area contributed by atoms with E-state index in [-0.39, 0.29) is 11.7 Å². The van der Waals surface area contributed by atoms with Gasteiger partial charge >= 0.3 is 0 Å². The molecule has 0 saturated carbocycles. The zero-order valence-electron chi connectivity index (χ0n) is 12.1. The van der Waals surface area contributed by atoms with Gasteiger partial charge in [0.2, 0.25) is 0 Å². The van der Waals surface area contributed by atoms with Crippen LogP contribution in [-0.4, -0.2) is 10.9 Å². The monoisotopic (exact) mass is 270 g/mol. The van der Waals surface area contributed by atoms with Crippen molar-refractivity contribution >= 4 is 11.4 Å². The molecule has 0 aromatic heterocycles. The van der Waals surface area contributed by atoms with E-state index in [2.05, 4.69) is 13.0 Å². The number of rotatable bonds is 5. The van der Waals surface area contributed by atoms with Gasteiger partial charge in [-0.1, -0.05) is 50.5 Å². The molecule has 0 bridgehead atoms. The third-order valence-corrected chi connectivity index (χ3v) is 4.67. The number of aliphatic hydroxyl groups is 1. The Bertz CT molecular complexity index is 556. The highest BCUT2D eigenvalue weighted by atomic mass is 16.3. The van der Waals surface area contributed by atoms with Gasteiger partial charge in [-0.15, -0.1) is 0 Å². The van der Waals surface area contributed by atoms with Gasteiger partial charge in [0, 0.05) is 12.3 Å². The molecule has 2 atom stereocenters. The molecule has 0 aliphatic heterocycles. The highest BCUT2D eigenvalue weighted by Crippen LogP contribution is 2.52. The molecule has 2 nitrogen and oxygen atoms in total. The summed E-state index contributed by atoms with van der Waals surface area (Å²) in [7, 11) is 0. The summed E-state index contributed by atoms with van der Waals surface area (Å²) in [5.74, 6) is 0.274. The summed E-state index contributed by atoms with van der Waals surface area (Å²) < 4.78 is 0. The van der Waals surface area contributed by atoms with E-state index in [0.29, 0.717) is 6.42 Å². The predicted molar refractivity (Wildman–Crippen MR) is 80.2 cm³/mol. The van der Waals surface area contributed by atoms with Crippen LogP contribution in [0, 0.1) is 5.92 Å². The van der Waals surface area contributed by atoms with Crippen molar-refractivity contribution in [1.82, 2.24) is 0 Å². The van der Waals surface area contributed by atoms with E-state index in [0.717, 1.165) is 35.1 Å². The van der Waals surface area contributed by atoms with E-state index in [1.54, 1.807) is 0 Å². The van der Waals surface area contributed by atoms with Crippen molar-refractivity contribution in [3.8, 4) is 0 Å². The smallest absolute Gasteiger partial charge is 0.159 e. The lowest BCUT2D eigenvalue weighted by atomic mass is 9.98. The first-order valence-electron chi connectivity index (χ1n) is 7.77. The average molecular weight is 270 g/mol. The molecule has 2 aliphatic carbocycles. The number of Topliss-reactive ketones (excluding diaryl/α,β-unsaturated/α-hetero) is 1. The summed E-state index contributed by atoms with van der Waals surface area (Å²) in [5.41, 5.74) is 4.26. The summed E-state index contributed by atoms with van der Waals surface area (Å²) in [6, 6.07) is 8.01. The molecule has 0 heterocycles. The second-order valence-electron chi connectivity index (χ2n) is 5.97. The molecule has 0 radical (unpaired) electrons. The Morgan fingerprint density at radius 3 is 2.80 bits per heavy atom. The van der Waals surface area contributed by atoms with Crippen LogP contribution in [-0.2, 0) is 4.79 Å². The van der Waals surface area contributed by atoms with Gasteiger partial charge in [-0.05, 0) is 35.1 Å². The lowest BCUT2D eigenvalue weighted by Crippen LogP contribution is -2.06. The van der Waals surface area contributed by atoms with Crippen LogP contribution in [0.1, 0.15) is 62.7 Å². The molecule has 0 unspecified atom stereocenters. The lowest BCUT2D eigenvalue weighted by molar-refractivity contribution is -0.116. The van der Waals surface area contributed by atoms with Crippen molar-refractivity contribution in [2.24, 2.45) is 5.92 Å². The Balaban J connectivity index is 1.90. The minimum Gasteiger partial charge on any atom is -0.388 e. The van der Waals surface area contributed by atoms with Crippen molar-refractivity contribution in [2.45, 2.75) is 51.6 Å². The van der Waals surface area contributed by atoms with Crippen LogP contribution in [0.25, 0.3) is 5.57 Å². The zero-order valence-corrected chi connectivity index (χ0v) is 12.1. The minimum absolute atomic E-state index is 0.0149. The number of carbonyl (C=O) groups is 1. The Hall–Kier alpha value is -1.41. The van der Waals surface area contributed by atoms with Gasteiger partial charge in [0.25, 0.3) is 0 Å². The number of hydrogen-bond acceptors (Lipinski definition) is 2. The highest BCUT2D eigenvalue weighted by molar-refractivity contribution is 6.09. The van der Waals surface area contributed by atoms with E-state index >= 15 is 0 Å². The quantitative estimate of drug-likeness (QED) is 0.820. The first-order chi connectivity index (χ1) is 9.74. The standard InChI is InChI=1S/C18H22O2/c1-2-3-4-5-10-14-16(19)11-15-17(14)12-8-6-7-9-13(12)18(15)20/h6-9,15,18,20H,2-5,10-11H2,1H3/t15-,18+/m0/s1. The van der Waals surface area contributed by atoms with Crippen LogP contribution in [0.5, 0.6) is 0 Å². The maximum Gasteiger partial charge on any atom is 0.159 e. The van der Waals surface area contributed by atoms with Crippen LogP contribution in [0.2, 0.25) is 0 Å². The van der Waals surface area contributed by atoms with Crippen molar-refractivity contribution in [2.75, 3.05) is 0 Å². The average Bonchev–Trinajstić information content (AvgIpc) is 2.92. The summed E-state index contributed by atoms with van der Waals surface area (Å²) in [4.78, 5) is 12.2. The predicted octanol–water partition coefficient (Wildman–Crippen LogP) is 4.05. The van der Waals surface area contributed by atoms with E-state index in [4.69, 9.17) is 0 Å². The molecule has 1 aromatic carbocycles. The number of carbonyl (C=O) groups excluding carboxylic acids is 1. The Kier molecular flexibility index (Phi) is 3.75. The molecule has 2 aliphatic rings. The molecule has 1 aromatic rings. The summed E-state index contributed by atoms with van der Waals surface area (Å²) in [6.45, 7) is 2.20. The number of ketones is 1. The molecular formula is C18H22O2. The fraction of sp³-hybridized carbons (Fsp3) is 0.500. The Morgan fingerprint density at radius 2 is 2.00 bits per heavy atom. The molecule has 20 heavy (non-hydrogen) atoms. The summed E-state index contributed by atoms with van der Waals surface area (Å²) in [5, 5.41) is 10.4. The number of fused-ring (bicyclic) bond motifs is 3. The third-order valence-electron chi connectivity index (χ3n) is 4.67. The molecule has 0 saturated heterocycles. The van der Waals surface area contributed by atoms with Crippen LogP contribution in [0.4, 0.5) is 0 Å². The highest BCUT2D eigenvalue weighted by Gasteiger charge is 2.43. The van der Waals surface area contributed by atoms with E-state index < -0.39 is 6.10 Å². The van der Waals surface area contributed by atoms with E-state index in [1.807, 2.05) is 18.2 Å². The molecule has 0 spiro atoms. The molecule has 106 valence electrons. The van der Waals surface area contributed by atoms with Gasteiger partial charge in [-0.2, -0.15) is 0 Å². The fourth-order valence-corrected chi connectivity index (χ4v) is 3.65. The number of unbranched alkanes of at least 4 members (excludes halogenated alkanes) is 3. The normalized spacial score (nSPS) is 24.2. The SMILES string of the molecule is CCCCCCC1=C2c3ccccc3[C@@H](O)[C@H]2CC1=O. The largest absolute Gasteiger partial charge is 0.388 e. The zero-order chi connectivity index (χ0) is 14.1. The first-order valence-corrected chi connectivity index (χ1v) is 7.77. The van der Waals surface area contributed by atoms with Gasteiger partial charge in [0.05, 0.1) is 6.10 Å². The fourth-order valence-electron chi connectivity index (χ4n) is 3.65. The Morgan fingerprint density at radius 1 is 1.20 bits per heavy atom. The molecule has 0 fully saturated rings. The van der Waals surface area contributed by atoms with Crippen LogP contribution in [0.15, 0.2) is 29.8 Å². The van der Waals surface area contributed by atoms with Gasteiger partial charge in [0.15, 0.2) is 5.78 Å². The van der Waals surface area contributed by atoms with Gasteiger partial charge in [-0.3, -0.25) is 4.79 Å². The Labute approximate surface area is 120 Å². The molecule has 2 heteroatoms.